The number of thioether (sulfide) groups is 1. The van der Waals surface area contributed by atoms with Crippen molar-refractivity contribution < 1.29 is 32.6 Å². The number of hydrogen-bond acceptors (Lipinski definition) is 6. The number of carbonyl (C=O) groups excluding carboxylic acids is 3. The molecule has 0 aliphatic rings. The maximum atomic E-state index is 12.4. The summed E-state index contributed by atoms with van der Waals surface area (Å²) in [6.45, 7) is -1.75. The Kier molecular flexibility index (Phi) is 9.34. The Hall–Kier alpha value is -2.56. The van der Waals surface area contributed by atoms with Crippen LogP contribution in [0.4, 0.5) is 19.3 Å². The Morgan fingerprint density at radius 2 is 1.93 bits per heavy atom. The third-order valence-corrected chi connectivity index (χ3v) is 3.88. The van der Waals surface area contributed by atoms with E-state index < -0.39 is 36.7 Å². The highest BCUT2D eigenvalue weighted by atomic mass is 32.2. The summed E-state index contributed by atoms with van der Waals surface area (Å²) in [6, 6.07) is 3.70. The van der Waals surface area contributed by atoms with Gasteiger partial charge in [0.05, 0.1) is 5.69 Å². The molecule has 2 atom stereocenters. The molecular weight excluding hydrogens is 384 g/mol. The van der Waals surface area contributed by atoms with Crippen LogP contribution < -0.4 is 21.1 Å². The summed E-state index contributed by atoms with van der Waals surface area (Å²) in [5, 5.41) is 4.61. The van der Waals surface area contributed by atoms with Gasteiger partial charge < -0.3 is 25.8 Å². The highest BCUT2D eigenvalue weighted by Crippen LogP contribution is 2.25. The molecule has 1 rings (SSSR count). The minimum atomic E-state index is -3.06. The first-order valence-electron chi connectivity index (χ1n) is 7.84. The first kappa shape index (κ1) is 22.5. The fraction of sp³-hybridized carbons (Fsp3) is 0.438. The highest BCUT2D eigenvalue weighted by molar-refractivity contribution is 7.98. The van der Waals surface area contributed by atoms with E-state index in [1.807, 2.05) is 6.26 Å². The molecule has 1 aromatic carbocycles. The van der Waals surface area contributed by atoms with Crippen LogP contribution in [0.1, 0.15) is 13.3 Å². The third kappa shape index (κ3) is 8.11. The minimum absolute atomic E-state index is 0.0000991. The zero-order valence-electron chi connectivity index (χ0n) is 14.7. The number of ether oxygens (including phenoxy) is 2. The van der Waals surface area contributed by atoms with E-state index in [9.17, 15) is 23.2 Å². The van der Waals surface area contributed by atoms with Gasteiger partial charge in [-0.3, -0.25) is 4.79 Å². The SMILES string of the molecule is CSCC[C@H](NC(N)=O)C(=O)O[C@@H](C)C(=O)Nc1ccccc1OC(F)F. The molecule has 0 heterocycles. The molecule has 0 aromatic heterocycles. The van der Waals surface area contributed by atoms with Crippen molar-refractivity contribution in [2.24, 2.45) is 5.73 Å². The number of anilines is 1. The van der Waals surface area contributed by atoms with Crippen LogP contribution in [0.3, 0.4) is 0 Å². The largest absolute Gasteiger partial charge is 0.451 e. The van der Waals surface area contributed by atoms with Crippen molar-refractivity contribution >= 4 is 35.4 Å². The van der Waals surface area contributed by atoms with E-state index in [2.05, 4.69) is 15.4 Å². The lowest BCUT2D eigenvalue weighted by Gasteiger charge is -2.20. The lowest BCUT2D eigenvalue weighted by molar-refractivity contribution is -0.155. The fourth-order valence-corrected chi connectivity index (χ4v) is 2.44. The molecular formula is C16H21F2N3O5S. The van der Waals surface area contributed by atoms with E-state index in [0.717, 1.165) is 0 Å². The average molecular weight is 405 g/mol. The zero-order chi connectivity index (χ0) is 20.4. The number of hydrogen-bond donors (Lipinski definition) is 3. The second-order valence-corrected chi connectivity index (χ2v) is 6.27. The number of urea groups is 1. The summed E-state index contributed by atoms with van der Waals surface area (Å²) in [6.07, 6.45) is 0.841. The molecule has 0 saturated heterocycles. The Labute approximate surface area is 159 Å². The average Bonchev–Trinajstić information content (AvgIpc) is 2.59. The second kappa shape index (κ2) is 11.2. The first-order valence-corrected chi connectivity index (χ1v) is 9.24. The Morgan fingerprint density at radius 3 is 2.52 bits per heavy atom. The molecule has 8 nitrogen and oxygen atoms in total. The van der Waals surface area contributed by atoms with E-state index in [-0.39, 0.29) is 17.9 Å². The van der Waals surface area contributed by atoms with Crippen LogP contribution in [0, 0.1) is 0 Å². The van der Waals surface area contributed by atoms with Gasteiger partial charge in [0, 0.05) is 0 Å². The molecule has 0 unspecified atom stereocenters. The topological polar surface area (TPSA) is 120 Å². The van der Waals surface area contributed by atoms with Crippen LogP contribution in [0.5, 0.6) is 5.75 Å². The van der Waals surface area contributed by atoms with E-state index in [1.54, 1.807) is 0 Å². The van der Waals surface area contributed by atoms with Crippen molar-refractivity contribution in [3.63, 3.8) is 0 Å². The minimum Gasteiger partial charge on any atom is -0.451 e. The van der Waals surface area contributed by atoms with E-state index in [1.165, 1.54) is 43.0 Å². The molecule has 0 spiro atoms. The van der Waals surface area contributed by atoms with Gasteiger partial charge in [-0.25, -0.2) is 9.59 Å². The summed E-state index contributed by atoms with van der Waals surface area (Å²) in [7, 11) is 0. The predicted octanol–water partition coefficient (Wildman–Crippen LogP) is 1.95. The van der Waals surface area contributed by atoms with Crippen LogP contribution in [0.15, 0.2) is 24.3 Å². The van der Waals surface area contributed by atoms with Crippen LogP contribution in [-0.4, -0.2) is 48.7 Å². The molecule has 0 fully saturated rings. The maximum absolute atomic E-state index is 12.4. The quantitative estimate of drug-likeness (QED) is 0.512. The molecule has 0 aliphatic carbocycles. The fourth-order valence-electron chi connectivity index (χ4n) is 1.97. The van der Waals surface area contributed by atoms with Gasteiger partial charge in [-0.05, 0) is 37.5 Å². The number of carbonyl (C=O) groups is 3. The predicted molar refractivity (Wildman–Crippen MR) is 96.8 cm³/mol. The van der Waals surface area contributed by atoms with Crippen molar-refractivity contribution in [1.29, 1.82) is 0 Å². The van der Waals surface area contributed by atoms with Gasteiger partial charge in [-0.2, -0.15) is 20.5 Å². The standard InChI is InChI=1S/C16H21F2N3O5S/c1-9(25-14(23)11(7-8-27-2)21-16(19)24)13(22)20-10-5-3-4-6-12(10)26-15(17)18/h3-6,9,11,15H,7-8H2,1-2H3,(H,20,22)(H3,19,21,24)/t9-,11-/m0/s1. The van der Waals surface area contributed by atoms with Crippen LogP contribution >= 0.6 is 11.8 Å². The lowest BCUT2D eigenvalue weighted by atomic mass is 10.2. The molecule has 150 valence electrons. The Bertz CT molecular complexity index is 663. The van der Waals surface area contributed by atoms with Gasteiger partial charge in [-0.1, -0.05) is 12.1 Å². The number of benzene rings is 1. The number of nitrogens with one attached hydrogen (secondary N) is 2. The van der Waals surface area contributed by atoms with Crippen LogP contribution in [0.2, 0.25) is 0 Å². The number of amides is 3. The number of alkyl halides is 2. The number of nitrogens with two attached hydrogens (primary N) is 1. The molecule has 11 heteroatoms. The van der Waals surface area contributed by atoms with Gasteiger partial charge in [0.1, 0.15) is 11.8 Å². The summed E-state index contributed by atoms with van der Waals surface area (Å²) in [5.74, 6) is -1.26. The van der Waals surface area contributed by atoms with Gasteiger partial charge in [0.25, 0.3) is 5.91 Å². The summed E-state index contributed by atoms with van der Waals surface area (Å²) < 4.78 is 34.2. The number of rotatable bonds is 10. The van der Waals surface area contributed by atoms with E-state index in [4.69, 9.17) is 10.5 Å². The summed E-state index contributed by atoms with van der Waals surface area (Å²) >= 11 is 1.45. The lowest BCUT2D eigenvalue weighted by Crippen LogP contribution is -2.46. The monoisotopic (exact) mass is 405 g/mol. The summed E-state index contributed by atoms with van der Waals surface area (Å²) in [4.78, 5) is 35.4. The number of halogens is 2. The van der Waals surface area contributed by atoms with Gasteiger partial charge in [-0.15, -0.1) is 0 Å². The van der Waals surface area contributed by atoms with Crippen molar-refractivity contribution in [1.82, 2.24) is 5.32 Å². The van der Waals surface area contributed by atoms with Gasteiger partial charge >= 0.3 is 18.6 Å². The molecule has 0 radical (unpaired) electrons. The van der Waals surface area contributed by atoms with Crippen molar-refractivity contribution in [2.75, 3.05) is 17.3 Å². The normalized spacial score (nSPS) is 12.8. The molecule has 0 aliphatic heterocycles. The molecule has 0 saturated carbocycles. The third-order valence-electron chi connectivity index (χ3n) is 3.23. The zero-order valence-corrected chi connectivity index (χ0v) is 15.6. The van der Waals surface area contributed by atoms with Crippen molar-refractivity contribution in [3.8, 4) is 5.75 Å². The molecule has 3 amide bonds. The number of primary amides is 1. The molecule has 0 bridgehead atoms. The summed E-state index contributed by atoms with van der Waals surface area (Å²) in [5.41, 5.74) is 5.03. The smallest absolute Gasteiger partial charge is 0.387 e. The second-order valence-electron chi connectivity index (χ2n) is 5.29. The molecule has 4 N–H and O–H groups in total. The van der Waals surface area contributed by atoms with Gasteiger partial charge in [0.15, 0.2) is 6.10 Å². The Balaban J connectivity index is 2.73. The molecule has 1 aromatic rings. The Morgan fingerprint density at radius 1 is 1.26 bits per heavy atom. The van der Waals surface area contributed by atoms with E-state index >= 15 is 0 Å². The van der Waals surface area contributed by atoms with E-state index in [0.29, 0.717) is 5.75 Å². The first-order chi connectivity index (χ1) is 12.7. The highest BCUT2D eigenvalue weighted by Gasteiger charge is 2.26. The van der Waals surface area contributed by atoms with Crippen LogP contribution in [0.25, 0.3) is 0 Å². The van der Waals surface area contributed by atoms with Crippen molar-refractivity contribution in [2.45, 2.75) is 32.1 Å². The van der Waals surface area contributed by atoms with Crippen LogP contribution in [-0.2, 0) is 14.3 Å². The number of esters is 1. The maximum Gasteiger partial charge on any atom is 0.387 e. The molecule has 27 heavy (non-hydrogen) atoms. The van der Waals surface area contributed by atoms with Gasteiger partial charge in [0.2, 0.25) is 0 Å². The number of para-hydroxylation sites is 2. The van der Waals surface area contributed by atoms with Crippen molar-refractivity contribution in [3.05, 3.63) is 24.3 Å².